The van der Waals surface area contributed by atoms with Crippen LogP contribution in [-0.2, 0) is 24.0 Å². The van der Waals surface area contributed by atoms with Crippen molar-refractivity contribution in [3.05, 3.63) is 24.4 Å². The molecule has 166 valence electrons. The molecule has 0 radical (unpaired) electrons. The highest BCUT2D eigenvalue weighted by atomic mass is 16.2. The summed E-state index contributed by atoms with van der Waals surface area (Å²) in [6.45, 7) is 9.33. The van der Waals surface area contributed by atoms with E-state index in [1.165, 1.54) is 11.0 Å². The van der Waals surface area contributed by atoms with Crippen molar-refractivity contribution in [2.45, 2.75) is 65.0 Å². The Balaban J connectivity index is 2.15. The van der Waals surface area contributed by atoms with Gasteiger partial charge in [0.05, 0.1) is 6.04 Å². The minimum atomic E-state index is -0.745. The molecule has 1 aliphatic heterocycles. The van der Waals surface area contributed by atoms with Gasteiger partial charge in [0.25, 0.3) is 5.91 Å². The second-order valence-electron chi connectivity index (χ2n) is 7.21. The number of amides is 4. The van der Waals surface area contributed by atoms with Gasteiger partial charge in [0, 0.05) is 44.1 Å². The van der Waals surface area contributed by atoms with Crippen molar-refractivity contribution in [1.82, 2.24) is 20.9 Å². The zero-order chi connectivity index (χ0) is 22.7. The second-order valence-corrected chi connectivity index (χ2v) is 7.21. The summed E-state index contributed by atoms with van der Waals surface area (Å²) in [6.07, 6.45) is 4.90. The van der Waals surface area contributed by atoms with Crippen LogP contribution in [0.2, 0.25) is 0 Å². The summed E-state index contributed by atoms with van der Waals surface area (Å²) in [5.41, 5.74) is 0.606. The zero-order valence-corrected chi connectivity index (χ0v) is 18.0. The van der Waals surface area contributed by atoms with Crippen LogP contribution in [-0.4, -0.2) is 59.5 Å². The highest BCUT2D eigenvalue weighted by Gasteiger charge is 2.20. The average molecular weight is 421 g/mol. The molecule has 1 rings (SSSR count). The number of unbranched alkanes of at least 4 members (excludes halogenated alkanes) is 1. The van der Waals surface area contributed by atoms with Crippen LogP contribution in [0.15, 0.2) is 24.4 Å². The minimum Gasteiger partial charge on any atom is -0.354 e. The molecule has 9 nitrogen and oxygen atoms in total. The maximum Gasteiger partial charge on any atom is 0.251 e. The monoisotopic (exact) mass is 420 g/mol. The largest absolute Gasteiger partial charge is 0.354 e. The fourth-order valence-electron chi connectivity index (χ4n) is 2.81. The first-order valence-electron chi connectivity index (χ1n) is 10.2. The third-order valence-electron chi connectivity index (χ3n) is 4.71. The van der Waals surface area contributed by atoms with Gasteiger partial charge in [-0.3, -0.25) is 24.0 Å². The Morgan fingerprint density at radius 2 is 1.63 bits per heavy atom. The van der Waals surface area contributed by atoms with E-state index in [-0.39, 0.29) is 36.3 Å². The minimum absolute atomic E-state index is 0.0752. The number of hydrogen-bond donors (Lipinski definition) is 3. The molecule has 0 aromatic rings. The Morgan fingerprint density at radius 1 is 1.00 bits per heavy atom. The van der Waals surface area contributed by atoms with E-state index in [2.05, 4.69) is 22.5 Å². The summed E-state index contributed by atoms with van der Waals surface area (Å²) in [6, 6.07) is -1.33. The van der Waals surface area contributed by atoms with E-state index in [4.69, 9.17) is 0 Å². The molecule has 2 atom stereocenters. The highest BCUT2D eigenvalue weighted by Crippen LogP contribution is 2.11. The molecule has 0 aliphatic carbocycles. The quantitative estimate of drug-likeness (QED) is 0.376. The molecule has 0 spiro atoms. The Labute approximate surface area is 177 Å². The molecular weight excluding hydrogens is 388 g/mol. The molecule has 30 heavy (non-hydrogen) atoms. The molecular formula is C21H32N4O5. The van der Waals surface area contributed by atoms with Crippen molar-refractivity contribution in [2.24, 2.45) is 0 Å². The van der Waals surface area contributed by atoms with Crippen molar-refractivity contribution in [3.63, 3.8) is 0 Å². The predicted molar refractivity (Wildman–Crippen MR) is 112 cm³/mol. The second kappa shape index (κ2) is 12.6. The van der Waals surface area contributed by atoms with Crippen LogP contribution in [0.1, 0.15) is 52.9 Å². The van der Waals surface area contributed by atoms with Gasteiger partial charge in [-0.2, -0.15) is 0 Å². The Hall–Kier alpha value is -2.97. The van der Waals surface area contributed by atoms with Crippen LogP contribution < -0.4 is 16.0 Å². The standard InChI is InChI=1S/C21H32N4O5/c1-5-17(26)15(3)24-21(30)16(4)23-19(28)9-7-6-8-18(27)22-12-13-25-14(2)10-11-20(25)29/h10-11,15-16H,2,5-9,12-13H2,1,3-4H3,(H,22,27)(H,23,28)(H,24,30)/t15-,16-/m0/s1. The summed E-state index contributed by atoms with van der Waals surface area (Å²) in [5, 5.41) is 7.90. The van der Waals surface area contributed by atoms with Crippen molar-refractivity contribution in [1.29, 1.82) is 0 Å². The molecule has 0 bridgehead atoms. The topological polar surface area (TPSA) is 125 Å². The van der Waals surface area contributed by atoms with Crippen molar-refractivity contribution in [3.8, 4) is 0 Å². The number of allylic oxidation sites excluding steroid dienone is 1. The number of nitrogens with zero attached hydrogens (tertiary/aromatic N) is 1. The molecule has 1 aliphatic rings. The molecule has 3 N–H and O–H groups in total. The summed E-state index contributed by atoms with van der Waals surface area (Å²) >= 11 is 0. The normalized spacial score (nSPS) is 15.0. The maximum atomic E-state index is 12.0. The smallest absolute Gasteiger partial charge is 0.251 e. The molecule has 0 aromatic heterocycles. The van der Waals surface area contributed by atoms with Gasteiger partial charge in [-0.1, -0.05) is 13.5 Å². The van der Waals surface area contributed by atoms with Crippen LogP contribution in [0.5, 0.6) is 0 Å². The summed E-state index contributed by atoms with van der Waals surface area (Å²) in [7, 11) is 0. The molecule has 1 heterocycles. The summed E-state index contributed by atoms with van der Waals surface area (Å²) in [5.74, 6) is -1.07. The predicted octanol–water partition coefficient (Wildman–Crippen LogP) is 0.564. The van der Waals surface area contributed by atoms with E-state index in [9.17, 15) is 24.0 Å². The van der Waals surface area contributed by atoms with E-state index < -0.39 is 18.0 Å². The SMILES string of the molecule is C=C1C=CC(=O)N1CCNC(=O)CCCCC(=O)N[C@@H](C)C(=O)N[C@@H](C)C(=O)CC. The van der Waals surface area contributed by atoms with Crippen molar-refractivity contribution >= 4 is 29.4 Å². The van der Waals surface area contributed by atoms with Crippen LogP contribution in [0.25, 0.3) is 0 Å². The van der Waals surface area contributed by atoms with Gasteiger partial charge < -0.3 is 20.9 Å². The molecule has 0 fully saturated rings. The van der Waals surface area contributed by atoms with Crippen LogP contribution in [0.4, 0.5) is 0 Å². The number of nitrogens with one attached hydrogen (secondary N) is 3. The molecule has 0 unspecified atom stereocenters. The van der Waals surface area contributed by atoms with E-state index in [0.717, 1.165) is 0 Å². The zero-order valence-electron chi connectivity index (χ0n) is 18.0. The lowest BCUT2D eigenvalue weighted by Gasteiger charge is -2.17. The van der Waals surface area contributed by atoms with Gasteiger partial charge in [0.15, 0.2) is 5.78 Å². The van der Waals surface area contributed by atoms with E-state index >= 15 is 0 Å². The number of hydrogen-bond acceptors (Lipinski definition) is 5. The molecule has 0 saturated carbocycles. The molecule has 9 heteroatoms. The van der Waals surface area contributed by atoms with Crippen LogP contribution >= 0.6 is 0 Å². The third kappa shape index (κ3) is 8.59. The number of Topliss-reactive ketones (excluding diaryl/α,β-unsaturated/α-hetero) is 1. The highest BCUT2D eigenvalue weighted by molar-refractivity contribution is 5.93. The van der Waals surface area contributed by atoms with Gasteiger partial charge in [0.1, 0.15) is 6.04 Å². The lowest BCUT2D eigenvalue weighted by molar-refractivity contribution is -0.131. The molecule has 0 aromatic carbocycles. The lowest BCUT2D eigenvalue weighted by atomic mass is 10.1. The first-order chi connectivity index (χ1) is 14.1. The van der Waals surface area contributed by atoms with Gasteiger partial charge >= 0.3 is 0 Å². The van der Waals surface area contributed by atoms with Gasteiger partial charge in [0.2, 0.25) is 17.7 Å². The first-order valence-corrected chi connectivity index (χ1v) is 10.2. The molecule has 0 saturated heterocycles. The van der Waals surface area contributed by atoms with Gasteiger partial charge in [-0.15, -0.1) is 0 Å². The van der Waals surface area contributed by atoms with Crippen LogP contribution in [0, 0.1) is 0 Å². The van der Waals surface area contributed by atoms with Gasteiger partial charge in [-0.25, -0.2) is 0 Å². The summed E-state index contributed by atoms with van der Waals surface area (Å²) in [4.78, 5) is 60.3. The fraction of sp³-hybridized carbons (Fsp3) is 0.571. The number of ketones is 1. The van der Waals surface area contributed by atoms with E-state index in [1.54, 1.807) is 26.8 Å². The van der Waals surface area contributed by atoms with Crippen molar-refractivity contribution in [2.75, 3.05) is 13.1 Å². The van der Waals surface area contributed by atoms with Crippen molar-refractivity contribution < 1.29 is 24.0 Å². The number of carbonyl (C=O) groups excluding carboxylic acids is 5. The Morgan fingerprint density at radius 3 is 2.20 bits per heavy atom. The summed E-state index contributed by atoms with van der Waals surface area (Å²) < 4.78 is 0. The Bertz CT molecular complexity index is 698. The lowest BCUT2D eigenvalue weighted by Crippen LogP contribution is -2.49. The van der Waals surface area contributed by atoms with E-state index in [1.807, 2.05) is 0 Å². The first kappa shape index (κ1) is 25.1. The maximum absolute atomic E-state index is 12.0. The van der Waals surface area contributed by atoms with E-state index in [0.29, 0.717) is 38.0 Å². The third-order valence-corrected chi connectivity index (χ3v) is 4.71. The fourth-order valence-corrected chi connectivity index (χ4v) is 2.81. The van der Waals surface area contributed by atoms with Gasteiger partial charge in [-0.05, 0) is 32.8 Å². The average Bonchev–Trinajstić information content (AvgIpc) is 3.02. The molecule has 4 amide bonds. The number of carbonyl (C=O) groups is 5. The number of rotatable bonds is 13. The Kier molecular flexibility index (Phi) is 10.5. The van der Waals surface area contributed by atoms with Crippen LogP contribution in [0.3, 0.4) is 0 Å².